The van der Waals surface area contributed by atoms with Crippen LogP contribution in [0.1, 0.15) is 18.4 Å². The molecule has 1 aliphatic heterocycles. The molecular formula is C21H19F3N4O. The van der Waals surface area contributed by atoms with Gasteiger partial charge in [0.2, 0.25) is 0 Å². The Kier molecular flexibility index (Phi) is 5.19. The molecule has 0 radical (unpaired) electrons. The Labute approximate surface area is 165 Å². The van der Waals surface area contributed by atoms with Crippen molar-refractivity contribution in [3.05, 3.63) is 60.4 Å². The molecule has 5 nitrogen and oxygen atoms in total. The lowest BCUT2D eigenvalue weighted by molar-refractivity contribution is -0.137. The van der Waals surface area contributed by atoms with E-state index < -0.39 is 11.7 Å². The van der Waals surface area contributed by atoms with Crippen molar-refractivity contribution in [2.75, 3.05) is 18.0 Å². The Morgan fingerprint density at radius 2 is 1.72 bits per heavy atom. The van der Waals surface area contributed by atoms with Crippen LogP contribution in [0.3, 0.4) is 0 Å². The van der Waals surface area contributed by atoms with Crippen LogP contribution in [0.5, 0.6) is 0 Å². The van der Waals surface area contributed by atoms with Crippen LogP contribution >= 0.6 is 0 Å². The fourth-order valence-corrected chi connectivity index (χ4v) is 3.32. The smallest absolute Gasteiger partial charge is 0.393 e. The maximum absolute atomic E-state index is 13.2. The van der Waals surface area contributed by atoms with E-state index >= 15 is 0 Å². The minimum atomic E-state index is -4.43. The summed E-state index contributed by atoms with van der Waals surface area (Å²) in [6.45, 7) is 1.24. The predicted octanol–water partition coefficient (Wildman–Crippen LogP) is 4.19. The highest BCUT2D eigenvalue weighted by Gasteiger charge is 2.30. The second kappa shape index (κ2) is 7.79. The summed E-state index contributed by atoms with van der Waals surface area (Å²) in [6, 6.07) is 10.4. The summed E-state index contributed by atoms with van der Waals surface area (Å²) >= 11 is 0. The molecule has 1 fully saturated rings. The van der Waals surface area contributed by atoms with Gasteiger partial charge in [0, 0.05) is 42.7 Å². The molecule has 2 aromatic heterocycles. The van der Waals surface area contributed by atoms with Gasteiger partial charge in [0.05, 0.1) is 17.4 Å². The fraction of sp³-hybridized carbons (Fsp3) is 0.286. The minimum absolute atomic E-state index is 0.339. The number of pyridine rings is 1. The first kappa shape index (κ1) is 19.3. The molecule has 0 spiro atoms. The van der Waals surface area contributed by atoms with Crippen molar-refractivity contribution in [3.8, 4) is 22.6 Å². The van der Waals surface area contributed by atoms with Gasteiger partial charge < -0.3 is 10.0 Å². The molecule has 150 valence electrons. The number of hydrogen-bond donors (Lipinski definition) is 1. The molecule has 3 aromatic rings. The van der Waals surface area contributed by atoms with Gasteiger partial charge in [-0.25, -0.2) is 9.97 Å². The van der Waals surface area contributed by atoms with E-state index in [1.54, 1.807) is 30.6 Å². The van der Waals surface area contributed by atoms with Crippen LogP contribution < -0.4 is 4.90 Å². The van der Waals surface area contributed by atoms with Crippen LogP contribution in [0.4, 0.5) is 19.0 Å². The summed E-state index contributed by atoms with van der Waals surface area (Å²) < 4.78 is 39.5. The van der Waals surface area contributed by atoms with Crippen LogP contribution in [0.25, 0.3) is 22.6 Å². The van der Waals surface area contributed by atoms with Crippen molar-refractivity contribution in [1.82, 2.24) is 15.0 Å². The largest absolute Gasteiger partial charge is 0.416 e. The molecule has 0 atom stereocenters. The zero-order chi connectivity index (χ0) is 20.4. The van der Waals surface area contributed by atoms with E-state index in [0.717, 1.165) is 12.1 Å². The van der Waals surface area contributed by atoms with Crippen molar-refractivity contribution < 1.29 is 18.3 Å². The summed E-state index contributed by atoms with van der Waals surface area (Å²) in [5.74, 6) is 1.02. The van der Waals surface area contributed by atoms with E-state index in [4.69, 9.17) is 0 Å². The number of aromatic nitrogens is 3. The SMILES string of the molecule is OC1CCN(c2cc(-c3cccc(C(F)(F)F)c3)nc(-c3cccnc3)n2)CC1. The second-order valence-corrected chi connectivity index (χ2v) is 6.97. The van der Waals surface area contributed by atoms with Crippen molar-refractivity contribution in [3.63, 3.8) is 0 Å². The number of alkyl halides is 3. The maximum Gasteiger partial charge on any atom is 0.416 e. The quantitative estimate of drug-likeness (QED) is 0.715. The van der Waals surface area contributed by atoms with Crippen molar-refractivity contribution >= 4 is 5.82 Å². The molecule has 8 heteroatoms. The Bertz CT molecular complexity index is 987. The van der Waals surface area contributed by atoms with E-state index in [0.29, 0.717) is 54.4 Å². The van der Waals surface area contributed by atoms with Gasteiger partial charge in [-0.1, -0.05) is 12.1 Å². The number of aliphatic hydroxyl groups excluding tert-OH is 1. The molecule has 1 N–H and O–H groups in total. The van der Waals surface area contributed by atoms with Crippen LogP contribution in [-0.4, -0.2) is 39.3 Å². The molecule has 0 aliphatic carbocycles. The van der Waals surface area contributed by atoms with Gasteiger partial charge in [-0.2, -0.15) is 13.2 Å². The monoisotopic (exact) mass is 400 g/mol. The highest BCUT2D eigenvalue weighted by atomic mass is 19.4. The molecule has 1 saturated heterocycles. The second-order valence-electron chi connectivity index (χ2n) is 6.97. The third-order valence-electron chi connectivity index (χ3n) is 4.91. The molecule has 0 bridgehead atoms. The van der Waals surface area contributed by atoms with Gasteiger partial charge in [0.25, 0.3) is 0 Å². The molecule has 1 aromatic carbocycles. The standard InChI is InChI=1S/C21H19F3N4O/c22-21(23,24)16-5-1-3-14(11-16)18-12-19(28-9-6-17(29)7-10-28)27-20(26-18)15-4-2-8-25-13-15/h1-5,8,11-13,17,29H,6-7,9-10H2. The number of anilines is 1. The van der Waals surface area contributed by atoms with E-state index in [2.05, 4.69) is 15.0 Å². The number of nitrogens with zero attached hydrogens (tertiary/aromatic N) is 4. The first-order chi connectivity index (χ1) is 13.9. The van der Waals surface area contributed by atoms with E-state index in [-0.39, 0.29) is 6.10 Å². The number of rotatable bonds is 3. The molecule has 4 rings (SSSR count). The number of halogens is 3. The zero-order valence-electron chi connectivity index (χ0n) is 15.5. The Hall–Kier alpha value is -3.00. The summed E-state index contributed by atoms with van der Waals surface area (Å²) in [6.07, 6.45) is -0.284. The van der Waals surface area contributed by atoms with E-state index in [9.17, 15) is 18.3 Å². The number of aliphatic hydroxyl groups is 1. The average molecular weight is 400 g/mol. The van der Waals surface area contributed by atoms with Gasteiger partial charge in [-0.15, -0.1) is 0 Å². The first-order valence-electron chi connectivity index (χ1n) is 9.30. The third-order valence-corrected chi connectivity index (χ3v) is 4.91. The highest BCUT2D eigenvalue weighted by Crippen LogP contribution is 2.33. The molecular weight excluding hydrogens is 381 g/mol. The van der Waals surface area contributed by atoms with Crippen molar-refractivity contribution in [1.29, 1.82) is 0 Å². The topological polar surface area (TPSA) is 62.1 Å². The van der Waals surface area contributed by atoms with Gasteiger partial charge in [0.1, 0.15) is 5.82 Å². The van der Waals surface area contributed by atoms with Crippen LogP contribution in [-0.2, 0) is 6.18 Å². The highest BCUT2D eigenvalue weighted by molar-refractivity contribution is 5.68. The van der Waals surface area contributed by atoms with Gasteiger partial charge >= 0.3 is 6.18 Å². The maximum atomic E-state index is 13.2. The number of benzene rings is 1. The molecule has 3 heterocycles. The fourth-order valence-electron chi connectivity index (χ4n) is 3.32. The van der Waals surface area contributed by atoms with Gasteiger partial charge in [-0.3, -0.25) is 4.98 Å². The van der Waals surface area contributed by atoms with Gasteiger partial charge in [-0.05, 0) is 37.1 Å². The molecule has 29 heavy (non-hydrogen) atoms. The van der Waals surface area contributed by atoms with Crippen LogP contribution in [0.15, 0.2) is 54.9 Å². The Morgan fingerprint density at radius 3 is 2.41 bits per heavy atom. The summed E-state index contributed by atoms with van der Waals surface area (Å²) in [4.78, 5) is 15.2. The summed E-state index contributed by atoms with van der Waals surface area (Å²) in [5.41, 5.74) is 0.732. The summed E-state index contributed by atoms with van der Waals surface area (Å²) in [7, 11) is 0. The third kappa shape index (κ3) is 4.37. The van der Waals surface area contributed by atoms with E-state index in [1.165, 1.54) is 6.07 Å². The zero-order valence-corrected chi connectivity index (χ0v) is 15.5. The molecule has 0 saturated carbocycles. The summed E-state index contributed by atoms with van der Waals surface area (Å²) in [5, 5.41) is 9.77. The minimum Gasteiger partial charge on any atom is -0.393 e. The molecule has 0 amide bonds. The average Bonchev–Trinajstić information content (AvgIpc) is 2.74. The number of hydrogen-bond acceptors (Lipinski definition) is 5. The van der Waals surface area contributed by atoms with E-state index in [1.807, 2.05) is 11.0 Å². The Morgan fingerprint density at radius 1 is 0.966 bits per heavy atom. The lowest BCUT2D eigenvalue weighted by atomic mass is 10.1. The van der Waals surface area contributed by atoms with Crippen molar-refractivity contribution in [2.45, 2.75) is 25.1 Å². The molecule has 0 unspecified atom stereocenters. The van der Waals surface area contributed by atoms with Crippen LogP contribution in [0, 0.1) is 0 Å². The predicted molar refractivity (Wildman–Crippen MR) is 103 cm³/mol. The van der Waals surface area contributed by atoms with Crippen molar-refractivity contribution in [2.24, 2.45) is 0 Å². The Balaban J connectivity index is 1.80. The number of piperidine rings is 1. The molecule has 1 aliphatic rings. The lowest BCUT2D eigenvalue weighted by Crippen LogP contribution is -2.36. The first-order valence-corrected chi connectivity index (χ1v) is 9.30. The van der Waals surface area contributed by atoms with Gasteiger partial charge in [0.15, 0.2) is 5.82 Å². The normalized spacial score (nSPS) is 15.5. The van der Waals surface area contributed by atoms with Crippen LogP contribution in [0.2, 0.25) is 0 Å². The lowest BCUT2D eigenvalue weighted by Gasteiger charge is -2.31.